The van der Waals surface area contributed by atoms with Crippen LogP contribution in [-0.2, 0) is 17.3 Å². The van der Waals surface area contributed by atoms with E-state index in [1.807, 2.05) is 40.9 Å². The van der Waals surface area contributed by atoms with E-state index < -0.39 is 0 Å². The average Bonchev–Trinajstić information content (AvgIpc) is 3.11. The van der Waals surface area contributed by atoms with E-state index in [1.54, 1.807) is 6.20 Å². The van der Waals surface area contributed by atoms with Crippen molar-refractivity contribution >= 4 is 35.0 Å². The molecular weight excluding hydrogens is 414 g/mol. The number of thioether (sulfide) groups is 1. The first-order chi connectivity index (χ1) is 14.2. The third-order valence-corrected chi connectivity index (χ3v) is 7.26. The molecule has 0 radical (unpaired) electrons. The molecule has 1 atom stereocenters. The summed E-state index contributed by atoms with van der Waals surface area (Å²) in [6, 6.07) is 16.4. The van der Waals surface area contributed by atoms with E-state index in [4.69, 9.17) is 11.6 Å². The van der Waals surface area contributed by atoms with Crippen LogP contribution >= 0.6 is 23.4 Å². The van der Waals surface area contributed by atoms with Crippen LogP contribution in [0.2, 0.25) is 5.02 Å². The Morgan fingerprint density at radius 3 is 2.50 bits per heavy atom. The molecule has 4 nitrogen and oxygen atoms in total. The van der Waals surface area contributed by atoms with Crippen LogP contribution in [0.4, 0.5) is 5.69 Å². The minimum atomic E-state index is -0.345. The van der Waals surface area contributed by atoms with Gasteiger partial charge in [-0.25, -0.2) is 4.98 Å². The molecular formula is C24H26ClN3OS. The van der Waals surface area contributed by atoms with Gasteiger partial charge in [-0.15, -0.1) is 0 Å². The van der Waals surface area contributed by atoms with Crippen molar-refractivity contribution in [2.45, 2.75) is 43.3 Å². The second-order valence-electron chi connectivity index (χ2n) is 8.68. The number of imidazole rings is 1. The number of aromatic nitrogens is 2. The number of halogens is 1. The fourth-order valence-corrected chi connectivity index (χ4v) is 5.64. The number of para-hydroxylation sites is 1. The number of benzene rings is 2. The van der Waals surface area contributed by atoms with Crippen molar-refractivity contribution in [3.8, 4) is 0 Å². The van der Waals surface area contributed by atoms with Gasteiger partial charge in [0, 0.05) is 41.1 Å². The fourth-order valence-electron chi connectivity index (χ4n) is 4.73. The Kier molecular flexibility index (Phi) is 5.45. The smallest absolute Gasteiger partial charge is 0.237 e. The Bertz CT molecular complexity index is 1080. The van der Waals surface area contributed by atoms with Gasteiger partial charge in [-0.1, -0.05) is 60.6 Å². The van der Waals surface area contributed by atoms with E-state index in [0.29, 0.717) is 5.75 Å². The number of carbonyl (C=O) groups excluding carboxylic acids is 1. The van der Waals surface area contributed by atoms with Crippen LogP contribution in [0.3, 0.4) is 0 Å². The Morgan fingerprint density at radius 2 is 1.83 bits per heavy atom. The summed E-state index contributed by atoms with van der Waals surface area (Å²) in [4.78, 5) is 19.7. The molecule has 0 fully saturated rings. The maximum absolute atomic E-state index is 13.4. The standard InChI is InChI=1S/C24H26ClN3OS/c1-23(2)16-24(3,17-9-11-18(25)12-10-17)19-7-5-6-8-20(19)28(23)21(29)15-30-22-26-13-14-27(22)4/h5-14H,15-16H2,1-4H3/t24-/m0/s1. The Morgan fingerprint density at radius 1 is 1.13 bits per heavy atom. The van der Waals surface area contributed by atoms with Gasteiger partial charge < -0.3 is 9.47 Å². The number of nitrogens with zero attached hydrogens (tertiary/aromatic N) is 3. The summed E-state index contributed by atoms with van der Waals surface area (Å²) in [7, 11) is 1.94. The van der Waals surface area contributed by atoms with Gasteiger partial charge in [-0.3, -0.25) is 4.79 Å². The lowest BCUT2D eigenvalue weighted by Gasteiger charge is -2.51. The molecule has 2 aromatic carbocycles. The monoisotopic (exact) mass is 439 g/mol. The lowest BCUT2D eigenvalue weighted by Crippen LogP contribution is -2.56. The maximum Gasteiger partial charge on any atom is 0.237 e. The Hall–Kier alpha value is -2.24. The molecule has 6 heteroatoms. The zero-order valence-electron chi connectivity index (χ0n) is 17.7. The van der Waals surface area contributed by atoms with Gasteiger partial charge in [0.15, 0.2) is 5.16 Å². The normalized spacial score (nSPS) is 20.1. The summed E-state index contributed by atoms with van der Waals surface area (Å²) in [5.74, 6) is 0.443. The van der Waals surface area contributed by atoms with Crippen molar-refractivity contribution < 1.29 is 4.79 Å². The Labute approximate surface area is 187 Å². The molecule has 156 valence electrons. The third kappa shape index (κ3) is 3.65. The van der Waals surface area contributed by atoms with E-state index in [-0.39, 0.29) is 16.9 Å². The quantitative estimate of drug-likeness (QED) is 0.490. The molecule has 30 heavy (non-hydrogen) atoms. The number of amides is 1. The van der Waals surface area contributed by atoms with E-state index >= 15 is 0 Å². The second kappa shape index (κ2) is 7.78. The number of rotatable bonds is 4. The van der Waals surface area contributed by atoms with Gasteiger partial charge >= 0.3 is 0 Å². The zero-order chi connectivity index (χ0) is 21.5. The molecule has 0 spiro atoms. The zero-order valence-corrected chi connectivity index (χ0v) is 19.3. The molecule has 0 aliphatic carbocycles. The van der Waals surface area contributed by atoms with Crippen molar-refractivity contribution in [2.24, 2.45) is 7.05 Å². The lowest BCUT2D eigenvalue weighted by molar-refractivity contribution is -0.117. The van der Waals surface area contributed by atoms with E-state index in [0.717, 1.165) is 22.3 Å². The third-order valence-electron chi connectivity index (χ3n) is 5.96. The summed E-state index contributed by atoms with van der Waals surface area (Å²) >= 11 is 7.62. The van der Waals surface area contributed by atoms with Crippen LogP contribution < -0.4 is 4.90 Å². The van der Waals surface area contributed by atoms with Crippen LogP contribution in [0.1, 0.15) is 38.3 Å². The highest BCUT2D eigenvalue weighted by Gasteiger charge is 2.47. The highest BCUT2D eigenvalue weighted by molar-refractivity contribution is 7.99. The van der Waals surface area contributed by atoms with Crippen molar-refractivity contribution in [3.05, 3.63) is 77.1 Å². The van der Waals surface area contributed by atoms with Gasteiger partial charge in [0.05, 0.1) is 5.75 Å². The minimum Gasteiger partial charge on any atom is -0.329 e. The predicted molar refractivity (Wildman–Crippen MR) is 124 cm³/mol. The fraction of sp³-hybridized carbons (Fsp3) is 0.333. The summed E-state index contributed by atoms with van der Waals surface area (Å²) < 4.78 is 1.94. The largest absolute Gasteiger partial charge is 0.329 e. The first kappa shape index (κ1) is 21.0. The summed E-state index contributed by atoms with van der Waals surface area (Å²) in [5.41, 5.74) is 2.80. The Balaban J connectivity index is 1.72. The minimum absolute atomic E-state index is 0.0959. The highest BCUT2D eigenvalue weighted by atomic mass is 35.5. The van der Waals surface area contributed by atoms with Crippen LogP contribution in [0.5, 0.6) is 0 Å². The number of aryl methyl sites for hydroxylation is 1. The summed E-state index contributed by atoms with van der Waals surface area (Å²) in [5, 5.41) is 1.58. The lowest BCUT2D eigenvalue weighted by atomic mass is 9.65. The molecule has 0 saturated heterocycles. The number of hydrogen-bond acceptors (Lipinski definition) is 3. The highest BCUT2D eigenvalue weighted by Crippen LogP contribution is 2.50. The van der Waals surface area contributed by atoms with Gasteiger partial charge in [0.1, 0.15) is 0 Å². The SMILES string of the molecule is Cn1ccnc1SCC(=O)N1c2ccccc2[C@](C)(c2ccc(Cl)cc2)CC1(C)C. The summed E-state index contributed by atoms with van der Waals surface area (Å²) in [6.07, 6.45) is 4.46. The van der Waals surface area contributed by atoms with Crippen molar-refractivity contribution in [2.75, 3.05) is 10.7 Å². The molecule has 2 heterocycles. The summed E-state index contributed by atoms with van der Waals surface area (Å²) in [6.45, 7) is 6.57. The molecule has 1 aliphatic heterocycles. The number of anilines is 1. The number of carbonyl (C=O) groups is 1. The van der Waals surface area contributed by atoms with Crippen molar-refractivity contribution in [1.29, 1.82) is 0 Å². The molecule has 0 N–H and O–H groups in total. The first-order valence-electron chi connectivity index (χ1n) is 10.0. The second-order valence-corrected chi connectivity index (χ2v) is 10.1. The van der Waals surface area contributed by atoms with E-state index in [2.05, 4.69) is 56.1 Å². The number of fused-ring (bicyclic) bond motifs is 1. The van der Waals surface area contributed by atoms with Gasteiger partial charge in [0.2, 0.25) is 5.91 Å². The van der Waals surface area contributed by atoms with Gasteiger partial charge in [-0.05, 0) is 49.6 Å². The van der Waals surface area contributed by atoms with Crippen LogP contribution in [0.15, 0.2) is 66.1 Å². The first-order valence-corrected chi connectivity index (χ1v) is 11.4. The average molecular weight is 440 g/mol. The van der Waals surface area contributed by atoms with E-state index in [1.165, 1.54) is 22.9 Å². The predicted octanol–water partition coefficient (Wildman–Crippen LogP) is 5.69. The maximum atomic E-state index is 13.4. The molecule has 0 saturated carbocycles. The molecule has 1 aromatic heterocycles. The molecule has 0 bridgehead atoms. The van der Waals surface area contributed by atoms with Crippen molar-refractivity contribution in [3.63, 3.8) is 0 Å². The topological polar surface area (TPSA) is 38.1 Å². The molecule has 0 unspecified atom stereocenters. The van der Waals surface area contributed by atoms with E-state index in [9.17, 15) is 4.79 Å². The molecule has 4 rings (SSSR count). The van der Waals surface area contributed by atoms with Gasteiger partial charge in [0.25, 0.3) is 0 Å². The molecule has 3 aromatic rings. The van der Waals surface area contributed by atoms with Crippen LogP contribution in [-0.4, -0.2) is 26.8 Å². The van der Waals surface area contributed by atoms with Crippen LogP contribution in [0.25, 0.3) is 0 Å². The van der Waals surface area contributed by atoms with Crippen LogP contribution in [0, 0.1) is 0 Å². The molecule has 1 amide bonds. The number of hydrogen-bond donors (Lipinski definition) is 0. The molecule has 1 aliphatic rings. The van der Waals surface area contributed by atoms with Crippen molar-refractivity contribution in [1.82, 2.24) is 9.55 Å². The van der Waals surface area contributed by atoms with Gasteiger partial charge in [-0.2, -0.15) is 0 Å².